The van der Waals surface area contributed by atoms with Gasteiger partial charge < -0.3 is 25.0 Å². The molecule has 2 N–H and O–H groups in total. The van der Waals surface area contributed by atoms with E-state index in [-0.39, 0.29) is 35.7 Å². The van der Waals surface area contributed by atoms with Crippen LogP contribution >= 0.6 is 0 Å². The zero-order chi connectivity index (χ0) is 27.1. The van der Waals surface area contributed by atoms with Crippen LogP contribution in [0.3, 0.4) is 0 Å². The van der Waals surface area contributed by atoms with Crippen LogP contribution in [-0.4, -0.2) is 76.4 Å². The van der Waals surface area contributed by atoms with Gasteiger partial charge >= 0.3 is 0 Å². The van der Waals surface area contributed by atoms with Gasteiger partial charge in [0.1, 0.15) is 11.7 Å². The second-order valence-electron chi connectivity index (χ2n) is 11.1. The van der Waals surface area contributed by atoms with E-state index < -0.39 is 23.7 Å². The number of hydrogen-bond donors (Lipinski definition) is 2. The minimum absolute atomic E-state index is 0.0501. The number of nitrogens with one attached hydrogen (secondary N) is 2. The van der Waals surface area contributed by atoms with Gasteiger partial charge in [0.25, 0.3) is 5.91 Å². The van der Waals surface area contributed by atoms with Gasteiger partial charge in [-0.05, 0) is 57.7 Å². The van der Waals surface area contributed by atoms with E-state index >= 15 is 0 Å². The van der Waals surface area contributed by atoms with Crippen LogP contribution in [0.25, 0.3) is 10.9 Å². The molecule has 6 rings (SSSR count). The third kappa shape index (κ3) is 4.79. The SMILES string of the molecule is CNC(C)C(=O)NC(C(=O)N1CC2CCC1CN2C(=O)c1cc2cc(F)c(F)cc2n1C)C1CCCCC1. The van der Waals surface area contributed by atoms with Crippen LogP contribution in [0.1, 0.15) is 62.4 Å². The van der Waals surface area contributed by atoms with Crippen molar-refractivity contribution in [1.29, 1.82) is 0 Å². The first-order chi connectivity index (χ1) is 18.2. The lowest BCUT2D eigenvalue weighted by Gasteiger charge is -2.52. The van der Waals surface area contributed by atoms with E-state index in [9.17, 15) is 23.2 Å². The number of benzene rings is 1. The second-order valence-corrected chi connectivity index (χ2v) is 11.1. The molecule has 1 saturated carbocycles. The van der Waals surface area contributed by atoms with E-state index in [1.165, 1.54) is 0 Å². The topological polar surface area (TPSA) is 86.7 Å². The lowest BCUT2D eigenvalue weighted by atomic mass is 9.82. The van der Waals surface area contributed by atoms with Gasteiger partial charge in [-0.1, -0.05) is 19.3 Å². The van der Waals surface area contributed by atoms with Crippen molar-refractivity contribution in [2.45, 2.75) is 76.0 Å². The van der Waals surface area contributed by atoms with Crippen molar-refractivity contribution in [2.75, 3.05) is 20.1 Å². The van der Waals surface area contributed by atoms with Crippen LogP contribution in [0, 0.1) is 17.6 Å². The highest BCUT2D eigenvalue weighted by molar-refractivity contribution is 5.99. The molecule has 1 aromatic heterocycles. The number of carbonyl (C=O) groups is 3. The lowest BCUT2D eigenvalue weighted by Crippen LogP contribution is -2.68. The fourth-order valence-electron chi connectivity index (χ4n) is 6.47. The van der Waals surface area contributed by atoms with Gasteiger partial charge in [-0.25, -0.2) is 8.78 Å². The van der Waals surface area contributed by atoms with E-state index in [1.54, 1.807) is 36.6 Å². The molecule has 206 valence electrons. The molecule has 10 heteroatoms. The summed E-state index contributed by atoms with van der Waals surface area (Å²) in [5.41, 5.74) is 0.817. The molecule has 4 unspecified atom stereocenters. The number of piperidine rings is 2. The monoisotopic (exact) mass is 529 g/mol. The Morgan fingerprint density at radius 1 is 0.921 bits per heavy atom. The summed E-state index contributed by atoms with van der Waals surface area (Å²) in [6.45, 7) is 2.60. The van der Waals surface area contributed by atoms with Gasteiger partial charge in [0.05, 0.1) is 11.6 Å². The molecule has 2 bridgehead atoms. The highest BCUT2D eigenvalue weighted by Gasteiger charge is 2.46. The average molecular weight is 530 g/mol. The van der Waals surface area contributed by atoms with Crippen molar-refractivity contribution < 1.29 is 23.2 Å². The van der Waals surface area contributed by atoms with Gasteiger partial charge in [0.2, 0.25) is 11.8 Å². The van der Waals surface area contributed by atoms with E-state index in [2.05, 4.69) is 10.6 Å². The molecule has 4 fully saturated rings. The Balaban J connectivity index is 1.34. The Morgan fingerprint density at radius 2 is 1.55 bits per heavy atom. The number of halogens is 2. The number of hydrogen-bond acceptors (Lipinski definition) is 4. The predicted molar refractivity (Wildman–Crippen MR) is 139 cm³/mol. The molecule has 4 heterocycles. The van der Waals surface area contributed by atoms with Crippen LogP contribution in [0.15, 0.2) is 18.2 Å². The van der Waals surface area contributed by atoms with Crippen LogP contribution < -0.4 is 10.6 Å². The first-order valence-corrected chi connectivity index (χ1v) is 13.7. The number of carbonyl (C=O) groups excluding carboxylic acids is 3. The molecule has 38 heavy (non-hydrogen) atoms. The van der Waals surface area contributed by atoms with Crippen LogP contribution in [0.5, 0.6) is 0 Å². The maximum Gasteiger partial charge on any atom is 0.270 e. The highest BCUT2D eigenvalue weighted by atomic mass is 19.2. The maximum absolute atomic E-state index is 13.9. The summed E-state index contributed by atoms with van der Waals surface area (Å²) >= 11 is 0. The molecule has 0 radical (unpaired) electrons. The fraction of sp³-hybridized carbons (Fsp3) is 0.607. The maximum atomic E-state index is 13.9. The molecule has 3 amide bonds. The second kappa shape index (κ2) is 10.6. The molecule has 3 saturated heterocycles. The Labute approximate surface area is 221 Å². The molecule has 8 nitrogen and oxygen atoms in total. The lowest BCUT2D eigenvalue weighted by molar-refractivity contribution is -0.146. The van der Waals surface area contributed by atoms with Crippen molar-refractivity contribution in [1.82, 2.24) is 25.0 Å². The number of fused-ring (bicyclic) bond motifs is 4. The van der Waals surface area contributed by atoms with E-state index in [0.29, 0.717) is 29.7 Å². The van der Waals surface area contributed by atoms with Crippen LogP contribution in [0.2, 0.25) is 0 Å². The minimum Gasteiger partial charge on any atom is -0.343 e. The fourth-order valence-corrected chi connectivity index (χ4v) is 6.47. The first-order valence-electron chi connectivity index (χ1n) is 13.7. The Morgan fingerprint density at radius 3 is 2.18 bits per heavy atom. The number of aryl methyl sites for hydroxylation is 1. The van der Waals surface area contributed by atoms with E-state index in [1.807, 2.05) is 4.90 Å². The molecule has 1 aliphatic carbocycles. The van der Waals surface area contributed by atoms with Gasteiger partial charge in [0.15, 0.2) is 11.6 Å². The number of amides is 3. The molecule has 4 atom stereocenters. The Hall–Kier alpha value is -3.01. The summed E-state index contributed by atoms with van der Waals surface area (Å²) in [7, 11) is 3.40. The van der Waals surface area contributed by atoms with Gasteiger partial charge in [-0.3, -0.25) is 14.4 Å². The van der Waals surface area contributed by atoms with Gasteiger partial charge in [0, 0.05) is 43.7 Å². The number of likely N-dealkylation sites (N-methyl/N-ethyl adjacent to an activating group) is 1. The zero-order valence-corrected chi connectivity index (χ0v) is 22.3. The average Bonchev–Trinajstić information content (AvgIpc) is 3.25. The number of aromatic nitrogens is 1. The largest absolute Gasteiger partial charge is 0.343 e. The van der Waals surface area contributed by atoms with Crippen molar-refractivity contribution in [3.8, 4) is 0 Å². The zero-order valence-electron chi connectivity index (χ0n) is 22.3. The van der Waals surface area contributed by atoms with Crippen molar-refractivity contribution in [3.05, 3.63) is 35.5 Å². The molecule has 4 aliphatic rings. The summed E-state index contributed by atoms with van der Waals surface area (Å²) < 4.78 is 29.2. The molecule has 3 aliphatic heterocycles. The normalized spacial score (nSPS) is 23.5. The van der Waals surface area contributed by atoms with E-state index in [4.69, 9.17) is 0 Å². The highest BCUT2D eigenvalue weighted by Crippen LogP contribution is 2.34. The van der Waals surface area contributed by atoms with Crippen LogP contribution in [-0.2, 0) is 16.6 Å². The molecular weight excluding hydrogens is 492 g/mol. The smallest absolute Gasteiger partial charge is 0.270 e. The summed E-state index contributed by atoms with van der Waals surface area (Å²) in [5.74, 6) is -2.22. The summed E-state index contributed by atoms with van der Waals surface area (Å²) in [4.78, 5) is 44.0. The van der Waals surface area contributed by atoms with Crippen molar-refractivity contribution in [3.63, 3.8) is 0 Å². The van der Waals surface area contributed by atoms with Crippen LogP contribution in [0.4, 0.5) is 8.78 Å². The third-order valence-electron chi connectivity index (χ3n) is 8.89. The summed E-state index contributed by atoms with van der Waals surface area (Å²) in [6.07, 6.45) is 6.67. The number of piperazine rings is 1. The van der Waals surface area contributed by atoms with Gasteiger partial charge in [-0.2, -0.15) is 0 Å². The Kier molecular flexibility index (Phi) is 7.44. The third-order valence-corrected chi connectivity index (χ3v) is 8.89. The summed E-state index contributed by atoms with van der Waals surface area (Å²) in [5, 5.41) is 6.46. The molecule has 0 spiro atoms. The van der Waals surface area contributed by atoms with Gasteiger partial charge in [-0.15, -0.1) is 0 Å². The summed E-state index contributed by atoms with van der Waals surface area (Å²) in [6, 6.07) is 2.57. The molecule has 1 aromatic carbocycles. The molecule has 2 aromatic rings. The standard InChI is InChI=1S/C28H37F2N5O3/c1-16(31-2)26(36)32-25(17-7-5-4-6-8-17)28(38)35-15-19-9-10-20(35)14-34(19)27(37)24-12-18-11-21(29)22(30)13-23(18)33(24)3/h11-13,16-17,19-20,25,31H,4-10,14-15H2,1-3H3,(H,32,36). The Bertz CT molecular complexity index is 1240. The van der Waals surface area contributed by atoms with Crippen molar-refractivity contribution >= 4 is 28.6 Å². The molecular formula is C28H37F2N5O3. The predicted octanol–water partition coefficient (Wildman–Crippen LogP) is 2.94. The quantitative estimate of drug-likeness (QED) is 0.603. The van der Waals surface area contributed by atoms with Crippen molar-refractivity contribution in [2.24, 2.45) is 13.0 Å². The first kappa shape index (κ1) is 26.6. The van der Waals surface area contributed by atoms with E-state index in [0.717, 1.165) is 57.1 Å². The number of rotatable bonds is 6. The minimum atomic E-state index is -0.951. The number of nitrogens with zero attached hydrogens (tertiary/aromatic N) is 3.